The van der Waals surface area contributed by atoms with Gasteiger partial charge >= 0.3 is 0 Å². The van der Waals surface area contributed by atoms with Crippen LogP contribution < -0.4 is 5.32 Å². The van der Waals surface area contributed by atoms with Crippen LogP contribution in [0.4, 0.5) is 5.95 Å². The summed E-state index contributed by atoms with van der Waals surface area (Å²) in [6.07, 6.45) is 5.54. The monoisotopic (exact) mass is 415 g/mol. The highest BCUT2D eigenvalue weighted by Crippen LogP contribution is 2.40. The van der Waals surface area contributed by atoms with E-state index in [-0.39, 0.29) is 11.5 Å². The van der Waals surface area contributed by atoms with Crippen molar-refractivity contribution in [3.63, 3.8) is 0 Å². The van der Waals surface area contributed by atoms with E-state index in [1.807, 2.05) is 24.3 Å². The summed E-state index contributed by atoms with van der Waals surface area (Å²) in [6.45, 7) is 4.89. The molecule has 1 aliphatic carbocycles. The van der Waals surface area contributed by atoms with Gasteiger partial charge in [-0.15, -0.1) is 0 Å². The number of nitrogens with zero attached hydrogens (tertiary/aromatic N) is 4. The van der Waals surface area contributed by atoms with Crippen molar-refractivity contribution in [3.05, 3.63) is 59.5 Å². The molecule has 1 saturated carbocycles. The van der Waals surface area contributed by atoms with Gasteiger partial charge in [0.2, 0.25) is 5.95 Å². The first-order valence-corrected chi connectivity index (χ1v) is 11.0. The van der Waals surface area contributed by atoms with Gasteiger partial charge in [-0.3, -0.25) is 4.98 Å². The van der Waals surface area contributed by atoms with Crippen molar-refractivity contribution < 1.29 is 5.11 Å². The van der Waals surface area contributed by atoms with E-state index in [4.69, 9.17) is 4.98 Å². The Morgan fingerprint density at radius 1 is 1.16 bits per heavy atom. The van der Waals surface area contributed by atoms with Crippen molar-refractivity contribution in [2.45, 2.75) is 52.1 Å². The molecule has 0 spiro atoms. The number of aliphatic hydroxyl groups is 1. The molecule has 0 bridgehead atoms. The normalized spacial score (nSPS) is 20.3. The van der Waals surface area contributed by atoms with Gasteiger partial charge in [0.05, 0.1) is 29.1 Å². The fourth-order valence-corrected chi connectivity index (χ4v) is 4.52. The molecule has 0 saturated heterocycles. The minimum Gasteiger partial charge on any atom is -0.393 e. The summed E-state index contributed by atoms with van der Waals surface area (Å²) in [7, 11) is 0. The number of pyridine rings is 1. The standard InChI is InChI=1S/C25H29N5O/c1-25(2)14-17(7-10-23(25)31)13-22-19(15-26)16-28-24(30-22)27-12-11-20-9-8-18-5-3-4-6-21(18)29-20/h3-6,8-9,16-17,23,31H,7,10-14H2,1-2H3,(H,27,28,30)/t17-,23-/m0/s1. The van der Waals surface area contributed by atoms with Crippen molar-refractivity contribution in [1.82, 2.24) is 15.0 Å². The van der Waals surface area contributed by atoms with Crippen LogP contribution in [-0.4, -0.2) is 32.7 Å². The third kappa shape index (κ3) is 5.00. The van der Waals surface area contributed by atoms with Gasteiger partial charge in [-0.2, -0.15) is 5.26 Å². The largest absolute Gasteiger partial charge is 0.393 e. The third-order valence-electron chi connectivity index (χ3n) is 6.36. The lowest BCUT2D eigenvalue weighted by atomic mass is 9.69. The van der Waals surface area contributed by atoms with Crippen molar-refractivity contribution in [1.29, 1.82) is 5.26 Å². The maximum Gasteiger partial charge on any atom is 0.222 e. The summed E-state index contributed by atoms with van der Waals surface area (Å²) in [6, 6.07) is 14.5. The second kappa shape index (κ2) is 8.99. The number of hydrogen-bond acceptors (Lipinski definition) is 6. The average molecular weight is 416 g/mol. The van der Waals surface area contributed by atoms with Crippen LogP contribution in [0.2, 0.25) is 0 Å². The molecular weight excluding hydrogens is 386 g/mol. The SMILES string of the molecule is CC1(C)C[C@H](Cc2nc(NCCc3ccc4ccccc4n3)ncc2C#N)CC[C@@H]1O. The zero-order valence-corrected chi connectivity index (χ0v) is 18.2. The molecule has 2 atom stereocenters. The van der Waals surface area contributed by atoms with Crippen LogP contribution in [-0.2, 0) is 12.8 Å². The molecule has 0 amide bonds. The van der Waals surface area contributed by atoms with Crippen LogP contribution in [0.25, 0.3) is 10.9 Å². The molecule has 2 heterocycles. The van der Waals surface area contributed by atoms with E-state index in [2.05, 4.69) is 47.3 Å². The molecule has 4 rings (SSSR count). The minimum atomic E-state index is -0.259. The zero-order chi connectivity index (χ0) is 21.8. The Labute approximate surface area is 183 Å². The molecule has 31 heavy (non-hydrogen) atoms. The molecule has 3 aromatic rings. The van der Waals surface area contributed by atoms with Crippen LogP contribution >= 0.6 is 0 Å². The number of anilines is 1. The molecule has 2 aromatic heterocycles. The van der Waals surface area contributed by atoms with E-state index in [1.54, 1.807) is 6.20 Å². The van der Waals surface area contributed by atoms with E-state index in [0.717, 1.165) is 54.4 Å². The number of fused-ring (bicyclic) bond motifs is 1. The van der Waals surface area contributed by atoms with Gasteiger partial charge in [-0.25, -0.2) is 9.97 Å². The van der Waals surface area contributed by atoms with Gasteiger partial charge in [0.15, 0.2) is 0 Å². The third-order valence-corrected chi connectivity index (χ3v) is 6.36. The lowest BCUT2D eigenvalue weighted by molar-refractivity contribution is -0.00748. The number of benzene rings is 1. The number of para-hydroxylation sites is 1. The highest BCUT2D eigenvalue weighted by molar-refractivity contribution is 5.78. The maximum absolute atomic E-state index is 10.2. The van der Waals surface area contributed by atoms with Gasteiger partial charge < -0.3 is 10.4 Å². The Kier molecular flexibility index (Phi) is 6.15. The highest BCUT2D eigenvalue weighted by Gasteiger charge is 2.35. The van der Waals surface area contributed by atoms with Crippen molar-refractivity contribution >= 4 is 16.9 Å². The van der Waals surface area contributed by atoms with Crippen LogP contribution in [0.1, 0.15) is 50.1 Å². The van der Waals surface area contributed by atoms with Gasteiger partial charge in [0, 0.05) is 24.0 Å². The number of hydrogen-bond donors (Lipinski definition) is 2. The summed E-state index contributed by atoms with van der Waals surface area (Å²) < 4.78 is 0. The van der Waals surface area contributed by atoms with E-state index in [1.165, 1.54) is 0 Å². The molecule has 0 radical (unpaired) electrons. The van der Waals surface area contributed by atoms with Crippen LogP contribution in [0, 0.1) is 22.7 Å². The minimum absolute atomic E-state index is 0.101. The quantitative estimate of drug-likeness (QED) is 0.624. The van der Waals surface area contributed by atoms with Crippen molar-refractivity contribution in [3.8, 4) is 6.07 Å². The average Bonchev–Trinajstić information content (AvgIpc) is 2.76. The number of aliphatic hydroxyl groups excluding tert-OH is 1. The lowest BCUT2D eigenvalue weighted by Gasteiger charge is -2.39. The fraction of sp³-hybridized carbons (Fsp3) is 0.440. The molecule has 0 aliphatic heterocycles. The predicted octanol–water partition coefficient (Wildman–Crippen LogP) is 4.28. The molecule has 2 N–H and O–H groups in total. The van der Waals surface area contributed by atoms with Crippen LogP contribution in [0.5, 0.6) is 0 Å². The fourth-order valence-electron chi connectivity index (χ4n) is 4.52. The number of aromatic nitrogens is 3. The van der Waals surface area contributed by atoms with E-state index < -0.39 is 0 Å². The first-order chi connectivity index (χ1) is 14.9. The number of rotatable bonds is 6. The molecule has 1 aliphatic rings. The second-order valence-electron chi connectivity index (χ2n) is 9.19. The van der Waals surface area contributed by atoms with Crippen molar-refractivity contribution in [2.24, 2.45) is 11.3 Å². The predicted molar refractivity (Wildman–Crippen MR) is 122 cm³/mol. The van der Waals surface area contributed by atoms with E-state index in [0.29, 0.717) is 24.0 Å². The highest BCUT2D eigenvalue weighted by atomic mass is 16.3. The number of nitrogens with one attached hydrogen (secondary N) is 1. The molecular formula is C25H29N5O. The van der Waals surface area contributed by atoms with Crippen LogP contribution in [0.15, 0.2) is 42.6 Å². The smallest absolute Gasteiger partial charge is 0.222 e. The Hall–Kier alpha value is -3.04. The Morgan fingerprint density at radius 3 is 2.81 bits per heavy atom. The summed E-state index contributed by atoms with van der Waals surface area (Å²) in [5, 5.41) is 24.1. The Bertz CT molecular complexity index is 1100. The van der Waals surface area contributed by atoms with Gasteiger partial charge in [-0.1, -0.05) is 38.1 Å². The topological polar surface area (TPSA) is 94.7 Å². The summed E-state index contributed by atoms with van der Waals surface area (Å²) in [5.74, 6) is 0.958. The molecule has 6 nitrogen and oxygen atoms in total. The Morgan fingerprint density at radius 2 is 2.00 bits per heavy atom. The van der Waals surface area contributed by atoms with E-state index >= 15 is 0 Å². The van der Waals surface area contributed by atoms with Gasteiger partial charge in [0.1, 0.15) is 6.07 Å². The Balaban J connectivity index is 1.40. The molecule has 160 valence electrons. The molecule has 1 fully saturated rings. The van der Waals surface area contributed by atoms with E-state index in [9.17, 15) is 10.4 Å². The molecule has 0 unspecified atom stereocenters. The van der Waals surface area contributed by atoms with Gasteiger partial charge in [-0.05, 0) is 49.1 Å². The van der Waals surface area contributed by atoms with Crippen molar-refractivity contribution in [2.75, 3.05) is 11.9 Å². The lowest BCUT2D eigenvalue weighted by Crippen LogP contribution is -2.37. The second-order valence-corrected chi connectivity index (χ2v) is 9.19. The van der Waals surface area contributed by atoms with Crippen LogP contribution in [0.3, 0.4) is 0 Å². The molecule has 1 aromatic carbocycles. The summed E-state index contributed by atoms with van der Waals surface area (Å²) in [4.78, 5) is 13.7. The summed E-state index contributed by atoms with van der Waals surface area (Å²) >= 11 is 0. The molecule has 6 heteroatoms. The number of nitriles is 1. The van der Waals surface area contributed by atoms with Gasteiger partial charge in [0.25, 0.3) is 0 Å². The zero-order valence-electron chi connectivity index (χ0n) is 18.2. The first-order valence-electron chi connectivity index (χ1n) is 11.0. The summed E-state index contributed by atoms with van der Waals surface area (Å²) in [5.41, 5.74) is 3.24. The maximum atomic E-state index is 10.2. The first kappa shape index (κ1) is 21.2.